The summed E-state index contributed by atoms with van der Waals surface area (Å²) in [5, 5.41) is 3.18. The Labute approximate surface area is 109 Å². The van der Waals surface area contributed by atoms with Gasteiger partial charge in [-0.25, -0.2) is 4.99 Å². The van der Waals surface area contributed by atoms with E-state index in [2.05, 4.69) is 28.5 Å². The molecule has 0 atom stereocenters. The van der Waals surface area contributed by atoms with Crippen LogP contribution in [0.5, 0.6) is 0 Å². The van der Waals surface area contributed by atoms with Crippen molar-refractivity contribution in [2.75, 3.05) is 6.54 Å². The number of hydrogen-bond donors (Lipinski definition) is 2. The standard InChI is InChI=1S/C15H21N3/c16-15(17-11-13-7-3-1-4-8-13)18-12-14-9-5-2-6-10-14/h1,3-4,7-9H,2,5-6,10-12H2,(H3,16,17,18). The second kappa shape index (κ2) is 6.84. The summed E-state index contributed by atoms with van der Waals surface area (Å²) in [5.41, 5.74) is 8.49. The molecule has 0 spiro atoms. The van der Waals surface area contributed by atoms with Crippen LogP contribution in [0, 0.1) is 0 Å². The molecule has 0 aliphatic heterocycles. The molecule has 1 aromatic carbocycles. The number of aliphatic imine (C=N–C) groups is 1. The summed E-state index contributed by atoms with van der Waals surface area (Å²) >= 11 is 0. The highest BCUT2D eigenvalue weighted by Gasteiger charge is 2.03. The summed E-state index contributed by atoms with van der Waals surface area (Å²) in [7, 11) is 0. The Balaban J connectivity index is 1.77. The summed E-state index contributed by atoms with van der Waals surface area (Å²) in [4.78, 5) is 4.33. The lowest BCUT2D eigenvalue weighted by Crippen LogP contribution is -2.33. The number of allylic oxidation sites excluding steroid dienone is 1. The van der Waals surface area contributed by atoms with Gasteiger partial charge in [0.25, 0.3) is 0 Å². The fraction of sp³-hybridized carbons (Fsp3) is 0.400. The highest BCUT2D eigenvalue weighted by atomic mass is 15.1. The number of nitrogens with zero attached hydrogens (tertiary/aromatic N) is 1. The largest absolute Gasteiger partial charge is 0.370 e. The number of nitrogens with two attached hydrogens (primary N) is 1. The van der Waals surface area contributed by atoms with Gasteiger partial charge in [-0.3, -0.25) is 0 Å². The van der Waals surface area contributed by atoms with Crippen LogP contribution >= 0.6 is 0 Å². The first-order chi connectivity index (χ1) is 8.84. The summed E-state index contributed by atoms with van der Waals surface area (Å²) < 4.78 is 0. The molecule has 0 heterocycles. The lowest BCUT2D eigenvalue weighted by molar-refractivity contribution is 0.682. The van der Waals surface area contributed by atoms with E-state index in [1.54, 1.807) is 0 Å². The van der Waals surface area contributed by atoms with Crippen molar-refractivity contribution in [2.24, 2.45) is 10.7 Å². The van der Waals surface area contributed by atoms with E-state index in [-0.39, 0.29) is 0 Å². The smallest absolute Gasteiger partial charge is 0.189 e. The van der Waals surface area contributed by atoms with Crippen LogP contribution in [-0.4, -0.2) is 12.5 Å². The fourth-order valence-electron chi connectivity index (χ4n) is 2.09. The number of guanidine groups is 1. The predicted molar refractivity (Wildman–Crippen MR) is 76.3 cm³/mol. The highest BCUT2D eigenvalue weighted by molar-refractivity contribution is 5.78. The zero-order valence-corrected chi connectivity index (χ0v) is 10.7. The van der Waals surface area contributed by atoms with Crippen LogP contribution in [0.4, 0.5) is 0 Å². The van der Waals surface area contributed by atoms with Crippen LogP contribution in [0.2, 0.25) is 0 Å². The molecule has 0 fully saturated rings. The van der Waals surface area contributed by atoms with Crippen molar-refractivity contribution in [2.45, 2.75) is 32.2 Å². The first-order valence-electron chi connectivity index (χ1n) is 6.60. The first-order valence-corrected chi connectivity index (χ1v) is 6.60. The Morgan fingerprint density at radius 1 is 1.22 bits per heavy atom. The maximum atomic E-state index is 5.85. The van der Waals surface area contributed by atoms with Crippen molar-refractivity contribution in [3.63, 3.8) is 0 Å². The van der Waals surface area contributed by atoms with Gasteiger partial charge in [0.2, 0.25) is 0 Å². The molecule has 18 heavy (non-hydrogen) atoms. The summed E-state index contributed by atoms with van der Waals surface area (Å²) in [6.07, 6.45) is 7.34. The fourth-order valence-corrected chi connectivity index (χ4v) is 2.09. The normalized spacial score (nSPS) is 16.2. The molecule has 3 heteroatoms. The molecule has 0 saturated heterocycles. The van der Waals surface area contributed by atoms with Gasteiger partial charge in [-0.05, 0) is 31.2 Å². The van der Waals surface area contributed by atoms with Gasteiger partial charge in [-0.1, -0.05) is 42.0 Å². The van der Waals surface area contributed by atoms with Gasteiger partial charge in [-0.2, -0.15) is 0 Å². The summed E-state index contributed by atoms with van der Waals surface area (Å²) in [6, 6.07) is 10.1. The number of rotatable bonds is 4. The molecule has 0 saturated carbocycles. The third-order valence-corrected chi connectivity index (χ3v) is 3.16. The average molecular weight is 243 g/mol. The molecule has 0 aromatic heterocycles. The van der Waals surface area contributed by atoms with Gasteiger partial charge in [0.15, 0.2) is 5.96 Å². The van der Waals surface area contributed by atoms with Crippen molar-refractivity contribution >= 4 is 5.96 Å². The van der Waals surface area contributed by atoms with Crippen molar-refractivity contribution < 1.29 is 0 Å². The molecule has 1 aliphatic carbocycles. The van der Waals surface area contributed by atoms with Crippen LogP contribution < -0.4 is 11.1 Å². The quantitative estimate of drug-likeness (QED) is 0.485. The molecule has 3 N–H and O–H groups in total. The molecule has 1 aromatic rings. The minimum Gasteiger partial charge on any atom is -0.370 e. The molecule has 0 unspecified atom stereocenters. The van der Waals surface area contributed by atoms with E-state index in [4.69, 9.17) is 5.73 Å². The van der Waals surface area contributed by atoms with E-state index in [1.165, 1.54) is 36.8 Å². The zero-order chi connectivity index (χ0) is 12.6. The van der Waals surface area contributed by atoms with Gasteiger partial charge in [-0.15, -0.1) is 0 Å². The molecule has 2 rings (SSSR count). The monoisotopic (exact) mass is 243 g/mol. The maximum absolute atomic E-state index is 5.85. The topological polar surface area (TPSA) is 50.4 Å². The van der Waals surface area contributed by atoms with Gasteiger partial charge in [0.05, 0.1) is 6.54 Å². The average Bonchev–Trinajstić information content (AvgIpc) is 2.45. The predicted octanol–water partition coefficient (Wildman–Crippen LogP) is 2.59. The molecule has 0 radical (unpaired) electrons. The van der Waals surface area contributed by atoms with Crippen molar-refractivity contribution in [3.8, 4) is 0 Å². The van der Waals surface area contributed by atoms with Gasteiger partial charge in [0.1, 0.15) is 0 Å². The Kier molecular flexibility index (Phi) is 4.82. The minimum absolute atomic E-state index is 0.533. The highest BCUT2D eigenvalue weighted by Crippen LogP contribution is 2.16. The van der Waals surface area contributed by atoms with Crippen molar-refractivity contribution in [3.05, 3.63) is 47.5 Å². The van der Waals surface area contributed by atoms with Crippen LogP contribution in [-0.2, 0) is 6.54 Å². The molecule has 0 bridgehead atoms. The van der Waals surface area contributed by atoms with E-state index in [0.29, 0.717) is 12.5 Å². The van der Waals surface area contributed by atoms with Crippen molar-refractivity contribution in [1.29, 1.82) is 0 Å². The summed E-state index contributed by atoms with van der Waals surface area (Å²) in [5.74, 6) is 0.533. The Bertz CT molecular complexity index is 421. The number of nitrogens with one attached hydrogen (secondary N) is 1. The third kappa shape index (κ3) is 4.24. The number of hydrogen-bond acceptors (Lipinski definition) is 1. The zero-order valence-electron chi connectivity index (χ0n) is 10.7. The van der Waals surface area contributed by atoms with E-state index in [0.717, 1.165) is 6.54 Å². The van der Waals surface area contributed by atoms with Crippen molar-refractivity contribution in [1.82, 2.24) is 5.32 Å². The van der Waals surface area contributed by atoms with E-state index in [1.807, 2.05) is 18.2 Å². The van der Waals surface area contributed by atoms with Crippen LogP contribution in [0.3, 0.4) is 0 Å². The summed E-state index contributed by atoms with van der Waals surface area (Å²) in [6.45, 7) is 1.48. The van der Waals surface area contributed by atoms with E-state index >= 15 is 0 Å². The maximum Gasteiger partial charge on any atom is 0.189 e. The second-order valence-electron chi connectivity index (χ2n) is 4.65. The van der Waals surface area contributed by atoms with Gasteiger partial charge in [0, 0.05) is 6.54 Å². The molecule has 96 valence electrons. The molecule has 1 aliphatic rings. The van der Waals surface area contributed by atoms with Crippen LogP contribution in [0.25, 0.3) is 0 Å². The second-order valence-corrected chi connectivity index (χ2v) is 4.65. The van der Waals surface area contributed by atoms with Crippen LogP contribution in [0.1, 0.15) is 31.2 Å². The minimum atomic E-state index is 0.533. The molecular weight excluding hydrogens is 222 g/mol. The van der Waals surface area contributed by atoms with Gasteiger partial charge < -0.3 is 11.1 Å². The third-order valence-electron chi connectivity index (χ3n) is 3.16. The Morgan fingerprint density at radius 3 is 2.78 bits per heavy atom. The number of benzene rings is 1. The Morgan fingerprint density at radius 2 is 2.06 bits per heavy atom. The first kappa shape index (κ1) is 12.7. The molecule has 0 amide bonds. The van der Waals surface area contributed by atoms with E-state index in [9.17, 15) is 0 Å². The lowest BCUT2D eigenvalue weighted by atomic mass is 10.00. The molecule has 3 nitrogen and oxygen atoms in total. The molecular formula is C15H21N3. The SMILES string of the molecule is NC(=NCc1ccccc1)NCC1=CCCCC1. The van der Waals surface area contributed by atoms with Crippen LogP contribution in [0.15, 0.2) is 47.0 Å². The lowest BCUT2D eigenvalue weighted by Gasteiger charge is -2.13. The van der Waals surface area contributed by atoms with Gasteiger partial charge >= 0.3 is 0 Å². The Hall–Kier alpha value is -1.77. The van der Waals surface area contributed by atoms with E-state index < -0.39 is 0 Å².